The van der Waals surface area contributed by atoms with Gasteiger partial charge >= 0.3 is 6.03 Å². The number of likely N-dealkylation sites (N-methyl/N-ethyl adjacent to an activating group) is 1. The summed E-state index contributed by atoms with van der Waals surface area (Å²) >= 11 is 5.82. The molecule has 1 atom stereocenters. The number of nitrogens with zero attached hydrogens (tertiary/aromatic N) is 2. The number of benzene rings is 2. The number of urea groups is 1. The number of halogens is 1. The average molecular weight is 472 g/mol. The lowest BCUT2D eigenvalue weighted by molar-refractivity contribution is -0.139. The van der Waals surface area contributed by atoms with Crippen LogP contribution in [0.5, 0.6) is 0 Å². The number of hydrazine groups is 1. The highest BCUT2D eigenvalue weighted by atomic mass is 35.5. The van der Waals surface area contributed by atoms with E-state index in [2.05, 4.69) is 16.1 Å². The standard InChI is InChI=1S/C23H26ClN5O4/c1-23(13-12-16-6-4-3-5-7-16)21(32)29(22(33)26-23)27-20(31)15-28(2)14-19(30)25-18-10-8-17(24)9-11-18/h3-11H,12-15H2,1-2H3,(H,25,30)(H,26,33)(H,27,31). The predicted octanol–water partition coefficient (Wildman–Crippen LogP) is 2.18. The van der Waals surface area contributed by atoms with Crippen molar-refractivity contribution in [3.8, 4) is 0 Å². The molecule has 9 nitrogen and oxygen atoms in total. The van der Waals surface area contributed by atoms with Gasteiger partial charge < -0.3 is 10.6 Å². The van der Waals surface area contributed by atoms with Crippen LogP contribution in [0.1, 0.15) is 18.9 Å². The second-order valence-corrected chi connectivity index (χ2v) is 8.59. The van der Waals surface area contributed by atoms with Crippen LogP contribution in [0.3, 0.4) is 0 Å². The maximum absolute atomic E-state index is 12.8. The highest BCUT2D eigenvalue weighted by molar-refractivity contribution is 6.30. The smallest absolute Gasteiger partial charge is 0.325 e. The monoisotopic (exact) mass is 471 g/mol. The zero-order valence-electron chi connectivity index (χ0n) is 18.4. The lowest BCUT2D eigenvalue weighted by Gasteiger charge is -2.22. The molecule has 0 aliphatic carbocycles. The van der Waals surface area contributed by atoms with E-state index in [1.165, 1.54) is 4.90 Å². The molecule has 10 heteroatoms. The van der Waals surface area contributed by atoms with E-state index in [4.69, 9.17) is 11.6 Å². The van der Waals surface area contributed by atoms with Gasteiger partial charge in [-0.2, -0.15) is 5.01 Å². The molecule has 0 spiro atoms. The summed E-state index contributed by atoms with van der Waals surface area (Å²) in [7, 11) is 1.58. The minimum atomic E-state index is -1.12. The van der Waals surface area contributed by atoms with Gasteiger partial charge in [-0.1, -0.05) is 41.9 Å². The van der Waals surface area contributed by atoms with Gasteiger partial charge in [-0.25, -0.2) is 4.79 Å². The summed E-state index contributed by atoms with van der Waals surface area (Å²) < 4.78 is 0. The molecule has 0 aromatic heterocycles. The lowest BCUT2D eigenvalue weighted by atomic mass is 9.93. The van der Waals surface area contributed by atoms with Crippen LogP contribution in [0.4, 0.5) is 10.5 Å². The van der Waals surface area contributed by atoms with Crippen molar-refractivity contribution in [2.45, 2.75) is 25.3 Å². The first-order chi connectivity index (χ1) is 15.7. The Labute approximate surface area is 197 Å². The fraction of sp³-hybridized carbons (Fsp3) is 0.304. The van der Waals surface area contributed by atoms with Gasteiger partial charge in [0.25, 0.3) is 11.8 Å². The number of rotatable bonds is 9. The molecule has 0 bridgehead atoms. The zero-order chi connectivity index (χ0) is 24.0. The van der Waals surface area contributed by atoms with Crippen molar-refractivity contribution in [3.63, 3.8) is 0 Å². The number of carbonyl (C=O) groups is 4. The van der Waals surface area contributed by atoms with E-state index < -0.39 is 23.4 Å². The fourth-order valence-corrected chi connectivity index (χ4v) is 3.56. The van der Waals surface area contributed by atoms with Crippen LogP contribution < -0.4 is 16.1 Å². The second-order valence-electron chi connectivity index (χ2n) is 8.15. The third kappa shape index (κ3) is 6.53. The molecule has 0 radical (unpaired) electrons. The van der Waals surface area contributed by atoms with Crippen LogP contribution in [-0.2, 0) is 20.8 Å². The number of aryl methyl sites for hydroxylation is 1. The van der Waals surface area contributed by atoms with E-state index in [9.17, 15) is 19.2 Å². The van der Waals surface area contributed by atoms with Crippen molar-refractivity contribution in [3.05, 3.63) is 65.2 Å². The molecular weight excluding hydrogens is 446 g/mol. The van der Waals surface area contributed by atoms with Gasteiger partial charge in [0.1, 0.15) is 5.54 Å². The third-order valence-electron chi connectivity index (χ3n) is 5.21. The van der Waals surface area contributed by atoms with Gasteiger partial charge in [0.05, 0.1) is 13.1 Å². The van der Waals surface area contributed by atoms with Gasteiger partial charge in [-0.05, 0) is 56.6 Å². The summed E-state index contributed by atoms with van der Waals surface area (Å²) in [5, 5.41) is 6.61. The number of carbonyl (C=O) groups excluding carboxylic acids is 4. The van der Waals surface area contributed by atoms with Gasteiger partial charge in [-0.3, -0.25) is 24.7 Å². The minimum Gasteiger partial charge on any atom is -0.325 e. The molecule has 0 saturated carbocycles. The molecule has 2 aromatic carbocycles. The van der Waals surface area contributed by atoms with E-state index in [-0.39, 0.29) is 19.0 Å². The maximum Gasteiger partial charge on any atom is 0.344 e. The Morgan fingerprint density at radius 2 is 1.67 bits per heavy atom. The topological polar surface area (TPSA) is 111 Å². The molecule has 1 fully saturated rings. The number of amides is 5. The number of hydrogen-bond acceptors (Lipinski definition) is 5. The minimum absolute atomic E-state index is 0.0645. The van der Waals surface area contributed by atoms with Crippen LogP contribution in [0.25, 0.3) is 0 Å². The van der Waals surface area contributed by atoms with Crippen molar-refractivity contribution < 1.29 is 19.2 Å². The van der Waals surface area contributed by atoms with E-state index in [1.807, 2.05) is 30.3 Å². The summed E-state index contributed by atoms with van der Waals surface area (Å²) in [6.45, 7) is 1.38. The molecule has 1 saturated heterocycles. The van der Waals surface area contributed by atoms with Crippen LogP contribution in [0.2, 0.25) is 5.02 Å². The van der Waals surface area contributed by atoms with E-state index >= 15 is 0 Å². The van der Waals surface area contributed by atoms with E-state index in [0.29, 0.717) is 28.6 Å². The van der Waals surface area contributed by atoms with Crippen molar-refractivity contribution in [2.75, 3.05) is 25.5 Å². The fourth-order valence-electron chi connectivity index (χ4n) is 3.43. The van der Waals surface area contributed by atoms with E-state index in [0.717, 1.165) is 5.56 Å². The quantitative estimate of drug-likeness (QED) is 0.485. The second kappa shape index (κ2) is 10.5. The first-order valence-electron chi connectivity index (χ1n) is 10.4. The van der Waals surface area contributed by atoms with Gasteiger partial charge in [0.15, 0.2) is 0 Å². The van der Waals surface area contributed by atoms with Gasteiger partial charge in [0, 0.05) is 10.7 Å². The molecule has 1 heterocycles. The molecule has 1 aliphatic rings. The Hall–Kier alpha value is -3.43. The normalized spacial score (nSPS) is 17.8. The predicted molar refractivity (Wildman–Crippen MR) is 124 cm³/mol. The van der Waals surface area contributed by atoms with Crippen LogP contribution in [-0.4, -0.2) is 59.3 Å². The molecular formula is C23H26ClN5O4. The molecule has 33 heavy (non-hydrogen) atoms. The average Bonchev–Trinajstić information content (AvgIpc) is 2.97. The highest BCUT2D eigenvalue weighted by Crippen LogP contribution is 2.22. The number of hydrogen-bond donors (Lipinski definition) is 3. The molecule has 174 valence electrons. The van der Waals surface area contributed by atoms with E-state index in [1.54, 1.807) is 38.2 Å². The van der Waals surface area contributed by atoms with Crippen molar-refractivity contribution in [1.82, 2.24) is 20.7 Å². The lowest BCUT2D eigenvalue weighted by Crippen LogP contribution is -2.51. The first-order valence-corrected chi connectivity index (χ1v) is 10.8. The van der Waals surface area contributed by atoms with Gasteiger partial charge in [-0.15, -0.1) is 0 Å². The summed E-state index contributed by atoms with van der Waals surface area (Å²) in [6, 6.07) is 15.6. The Kier molecular flexibility index (Phi) is 7.67. The highest BCUT2D eigenvalue weighted by Gasteiger charge is 2.48. The summed E-state index contributed by atoms with van der Waals surface area (Å²) in [6.07, 6.45) is 0.981. The number of nitrogens with one attached hydrogen (secondary N) is 3. The number of imide groups is 1. The third-order valence-corrected chi connectivity index (χ3v) is 5.46. The Bertz CT molecular complexity index is 1030. The van der Waals surface area contributed by atoms with Crippen LogP contribution in [0.15, 0.2) is 54.6 Å². The Morgan fingerprint density at radius 1 is 1.03 bits per heavy atom. The van der Waals surface area contributed by atoms with Crippen LogP contribution in [0, 0.1) is 0 Å². The zero-order valence-corrected chi connectivity index (χ0v) is 19.2. The molecule has 3 rings (SSSR count). The maximum atomic E-state index is 12.8. The molecule has 3 N–H and O–H groups in total. The first kappa shape index (κ1) is 24.2. The SMILES string of the molecule is CN(CC(=O)Nc1ccc(Cl)cc1)CC(=O)NN1C(=O)NC(C)(CCc2ccccc2)C1=O. The molecule has 2 aromatic rings. The summed E-state index contributed by atoms with van der Waals surface area (Å²) in [4.78, 5) is 51.2. The van der Waals surface area contributed by atoms with Crippen molar-refractivity contribution >= 4 is 41.0 Å². The Morgan fingerprint density at radius 3 is 2.33 bits per heavy atom. The summed E-state index contributed by atoms with van der Waals surface area (Å²) in [5.74, 6) is -1.44. The Balaban J connectivity index is 1.48. The summed E-state index contributed by atoms with van der Waals surface area (Å²) in [5.41, 5.74) is 2.84. The van der Waals surface area contributed by atoms with Crippen LogP contribution >= 0.6 is 11.6 Å². The molecule has 1 aliphatic heterocycles. The molecule has 1 unspecified atom stereocenters. The largest absolute Gasteiger partial charge is 0.344 e. The van der Waals surface area contributed by atoms with Crippen molar-refractivity contribution in [1.29, 1.82) is 0 Å². The van der Waals surface area contributed by atoms with Crippen molar-refractivity contribution in [2.24, 2.45) is 0 Å². The number of anilines is 1. The molecule has 5 amide bonds. The van der Waals surface area contributed by atoms with Gasteiger partial charge in [0.2, 0.25) is 5.91 Å².